The summed E-state index contributed by atoms with van der Waals surface area (Å²) in [6, 6.07) is 9.59. The maximum absolute atomic E-state index is 6.15. The number of benzene rings is 1. The van der Waals surface area contributed by atoms with Gasteiger partial charge in [0.05, 0.1) is 0 Å². The fourth-order valence-electron chi connectivity index (χ4n) is 2.18. The molecule has 118 valence electrons. The first kappa shape index (κ1) is 15.0. The normalized spacial score (nSPS) is 11.4. The smallest absolute Gasteiger partial charge is 0.248 e. The van der Waals surface area contributed by atoms with Gasteiger partial charge in [-0.15, -0.1) is 0 Å². The summed E-state index contributed by atoms with van der Waals surface area (Å²) in [6.45, 7) is 6.09. The number of ether oxygens (including phenoxy) is 1. The van der Waals surface area contributed by atoms with E-state index >= 15 is 0 Å². The van der Waals surface area contributed by atoms with Gasteiger partial charge in [0.1, 0.15) is 17.5 Å². The minimum Gasteiger partial charge on any atom is -0.435 e. The Balaban J connectivity index is 1.98. The molecule has 0 saturated heterocycles. The van der Waals surface area contributed by atoms with Crippen LogP contribution in [0.2, 0.25) is 0 Å². The maximum atomic E-state index is 6.15. The molecule has 0 radical (unpaired) electrons. The van der Waals surface area contributed by atoms with Gasteiger partial charge in [0.15, 0.2) is 11.6 Å². The van der Waals surface area contributed by atoms with Crippen LogP contribution in [0.1, 0.15) is 20.8 Å². The number of hydrogen-bond donors (Lipinski definition) is 2. The predicted octanol–water partition coefficient (Wildman–Crippen LogP) is 3.61. The Kier molecular flexibility index (Phi) is 3.73. The summed E-state index contributed by atoms with van der Waals surface area (Å²) >= 11 is 0. The standard InChI is InChI=1S/C17H19N5O/c1-17(2,3)22-15-13(18)16(21-10-20-15)23-12-8-4-6-11-7-5-9-19-14(11)12/h4-10H,18H2,1-3H3,(H,20,21,22). The van der Waals surface area contributed by atoms with E-state index in [2.05, 4.69) is 20.3 Å². The second kappa shape index (κ2) is 5.72. The largest absolute Gasteiger partial charge is 0.435 e. The highest BCUT2D eigenvalue weighted by Crippen LogP contribution is 2.33. The van der Waals surface area contributed by atoms with Crippen molar-refractivity contribution in [2.75, 3.05) is 11.1 Å². The summed E-state index contributed by atoms with van der Waals surface area (Å²) in [5.41, 5.74) is 7.12. The molecule has 6 heteroatoms. The Morgan fingerprint density at radius 2 is 1.83 bits per heavy atom. The molecule has 0 bridgehead atoms. The van der Waals surface area contributed by atoms with Crippen molar-refractivity contribution in [3.63, 3.8) is 0 Å². The third kappa shape index (κ3) is 3.31. The molecule has 3 rings (SSSR count). The molecular formula is C17H19N5O. The lowest BCUT2D eigenvalue weighted by atomic mass is 10.1. The average molecular weight is 309 g/mol. The summed E-state index contributed by atoms with van der Waals surface area (Å²) in [6.07, 6.45) is 3.16. The van der Waals surface area contributed by atoms with E-state index in [1.54, 1.807) is 6.20 Å². The lowest BCUT2D eigenvalue weighted by Gasteiger charge is -2.22. The van der Waals surface area contributed by atoms with E-state index in [-0.39, 0.29) is 5.54 Å². The number of rotatable bonds is 3. The van der Waals surface area contributed by atoms with Crippen molar-refractivity contribution >= 4 is 22.4 Å². The number of fused-ring (bicyclic) bond motifs is 1. The minimum absolute atomic E-state index is 0.166. The number of para-hydroxylation sites is 1. The van der Waals surface area contributed by atoms with Gasteiger partial charge in [0, 0.05) is 17.1 Å². The first-order valence-corrected chi connectivity index (χ1v) is 7.34. The quantitative estimate of drug-likeness (QED) is 0.768. The molecular weight excluding hydrogens is 290 g/mol. The summed E-state index contributed by atoms with van der Waals surface area (Å²) in [5.74, 6) is 1.47. The lowest BCUT2D eigenvalue weighted by Crippen LogP contribution is -2.27. The number of nitrogens with one attached hydrogen (secondary N) is 1. The fraction of sp³-hybridized carbons (Fsp3) is 0.235. The van der Waals surface area contributed by atoms with E-state index in [1.807, 2.05) is 51.1 Å². The fourth-order valence-corrected chi connectivity index (χ4v) is 2.18. The summed E-state index contributed by atoms with van der Waals surface area (Å²) < 4.78 is 5.90. The summed E-state index contributed by atoms with van der Waals surface area (Å²) in [7, 11) is 0. The van der Waals surface area contributed by atoms with Gasteiger partial charge in [-0.1, -0.05) is 18.2 Å². The lowest BCUT2D eigenvalue weighted by molar-refractivity contribution is 0.468. The molecule has 0 atom stereocenters. The first-order chi connectivity index (χ1) is 10.9. The van der Waals surface area contributed by atoms with Crippen molar-refractivity contribution < 1.29 is 4.74 Å². The SMILES string of the molecule is CC(C)(C)Nc1ncnc(Oc2cccc3cccnc23)c1N. The van der Waals surface area contributed by atoms with E-state index in [4.69, 9.17) is 10.5 Å². The van der Waals surface area contributed by atoms with Crippen molar-refractivity contribution in [2.24, 2.45) is 0 Å². The molecule has 0 saturated carbocycles. The second-order valence-electron chi connectivity index (χ2n) is 6.25. The van der Waals surface area contributed by atoms with Crippen LogP contribution in [0.4, 0.5) is 11.5 Å². The monoisotopic (exact) mass is 309 g/mol. The maximum Gasteiger partial charge on any atom is 0.248 e. The Labute approximate surface area is 134 Å². The molecule has 1 aromatic carbocycles. The van der Waals surface area contributed by atoms with Gasteiger partial charge in [-0.2, -0.15) is 4.98 Å². The molecule has 0 spiro atoms. The van der Waals surface area contributed by atoms with E-state index in [0.717, 1.165) is 10.9 Å². The van der Waals surface area contributed by atoms with Crippen LogP contribution in [0, 0.1) is 0 Å². The van der Waals surface area contributed by atoms with Gasteiger partial charge in [-0.25, -0.2) is 4.98 Å². The Morgan fingerprint density at radius 3 is 2.61 bits per heavy atom. The molecule has 0 amide bonds. The van der Waals surface area contributed by atoms with Crippen LogP contribution in [0.15, 0.2) is 42.9 Å². The molecule has 0 aliphatic rings. The molecule has 0 aliphatic heterocycles. The molecule has 2 aromatic heterocycles. The highest BCUT2D eigenvalue weighted by atomic mass is 16.5. The van der Waals surface area contributed by atoms with Crippen molar-refractivity contribution in [3.8, 4) is 11.6 Å². The zero-order valence-corrected chi connectivity index (χ0v) is 13.4. The van der Waals surface area contributed by atoms with E-state index in [9.17, 15) is 0 Å². The minimum atomic E-state index is -0.166. The van der Waals surface area contributed by atoms with E-state index in [1.165, 1.54) is 6.33 Å². The number of anilines is 2. The van der Waals surface area contributed by atoms with Crippen LogP contribution in [-0.4, -0.2) is 20.5 Å². The molecule has 0 fully saturated rings. The zero-order chi connectivity index (χ0) is 16.4. The molecule has 3 aromatic rings. The molecule has 3 N–H and O–H groups in total. The highest BCUT2D eigenvalue weighted by Gasteiger charge is 2.16. The Hall–Kier alpha value is -2.89. The van der Waals surface area contributed by atoms with Crippen molar-refractivity contribution in [2.45, 2.75) is 26.3 Å². The number of nitrogens with zero attached hydrogens (tertiary/aromatic N) is 3. The van der Waals surface area contributed by atoms with Crippen LogP contribution >= 0.6 is 0 Å². The molecule has 23 heavy (non-hydrogen) atoms. The Bertz CT molecular complexity index is 837. The van der Waals surface area contributed by atoms with E-state index < -0.39 is 0 Å². The highest BCUT2D eigenvalue weighted by molar-refractivity contribution is 5.84. The molecule has 6 nitrogen and oxygen atoms in total. The third-order valence-electron chi connectivity index (χ3n) is 3.14. The van der Waals surface area contributed by atoms with Gasteiger partial charge >= 0.3 is 0 Å². The third-order valence-corrected chi connectivity index (χ3v) is 3.14. The van der Waals surface area contributed by atoms with Gasteiger partial charge in [0.2, 0.25) is 5.88 Å². The van der Waals surface area contributed by atoms with Gasteiger partial charge in [-0.3, -0.25) is 4.98 Å². The van der Waals surface area contributed by atoms with Gasteiger partial charge in [0.25, 0.3) is 0 Å². The number of hydrogen-bond acceptors (Lipinski definition) is 6. The number of nitrogens with two attached hydrogens (primary N) is 1. The van der Waals surface area contributed by atoms with Crippen LogP contribution in [0.25, 0.3) is 10.9 Å². The summed E-state index contributed by atoms with van der Waals surface area (Å²) in [5, 5.41) is 4.23. The van der Waals surface area contributed by atoms with Gasteiger partial charge in [-0.05, 0) is 32.9 Å². The summed E-state index contributed by atoms with van der Waals surface area (Å²) in [4.78, 5) is 12.7. The molecule has 0 unspecified atom stereocenters. The van der Waals surface area contributed by atoms with Crippen molar-refractivity contribution in [1.29, 1.82) is 0 Å². The topological polar surface area (TPSA) is 86.0 Å². The number of pyridine rings is 1. The molecule has 0 aliphatic carbocycles. The van der Waals surface area contributed by atoms with Crippen molar-refractivity contribution in [3.05, 3.63) is 42.9 Å². The van der Waals surface area contributed by atoms with E-state index in [0.29, 0.717) is 23.1 Å². The number of aromatic nitrogens is 3. The average Bonchev–Trinajstić information content (AvgIpc) is 2.50. The first-order valence-electron chi connectivity index (χ1n) is 7.34. The van der Waals surface area contributed by atoms with Gasteiger partial charge < -0.3 is 15.8 Å². The van der Waals surface area contributed by atoms with Crippen LogP contribution in [0.3, 0.4) is 0 Å². The second-order valence-corrected chi connectivity index (χ2v) is 6.25. The zero-order valence-electron chi connectivity index (χ0n) is 13.4. The van der Waals surface area contributed by atoms with Crippen molar-refractivity contribution in [1.82, 2.24) is 15.0 Å². The van der Waals surface area contributed by atoms with Crippen LogP contribution in [0.5, 0.6) is 11.6 Å². The predicted molar refractivity (Wildman–Crippen MR) is 91.6 cm³/mol. The number of nitrogen functional groups attached to an aromatic ring is 1. The van der Waals surface area contributed by atoms with Crippen LogP contribution < -0.4 is 15.8 Å². The molecule has 2 heterocycles. The van der Waals surface area contributed by atoms with Crippen LogP contribution in [-0.2, 0) is 0 Å². The Morgan fingerprint density at radius 1 is 1.04 bits per heavy atom.